The number of aromatic nitrogens is 2. The monoisotopic (exact) mass is 178 g/mol. The first kappa shape index (κ1) is 8.29. The van der Waals surface area contributed by atoms with Gasteiger partial charge in [-0.2, -0.15) is 0 Å². The number of nitrogen functional groups attached to an aromatic ring is 1. The van der Waals surface area contributed by atoms with Gasteiger partial charge in [0.15, 0.2) is 0 Å². The van der Waals surface area contributed by atoms with E-state index in [0.29, 0.717) is 11.6 Å². The zero-order valence-corrected chi connectivity index (χ0v) is 7.53. The molecule has 1 aliphatic carbocycles. The van der Waals surface area contributed by atoms with Crippen LogP contribution in [-0.2, 0) is 0 Å². The molecule has 3 N–H and O–H groups in total. The number of nitrogens with two attached hydrogens (primary N) is 1. The smallest absolute Gasteiger partial charge is 0.222 e. The lowest BCUT2D eigenvalue weighted by Gasteiger charge is -2.25. The summed E-state index contributed by atoms with van der Waals surface area (Å²) in [7, 11) is 0. The topological polar surface area (TPSA) is 63.8 Å². The standard InChI is InChI=1S/C9H14N4/c10-8-5-12-9(13-6-8)11-4-7-2-1-3-7/h5-7H,1-4,10H2,(H,11,12,13). The molecule has 0 aromatic carbocycles. The maximum Gasteiger partial charge on any atom is 0.222 e. The van der Waals surface area contributed by atoms with E-state index < -0.39 is 0 Å². The van der Waals surface area contributed by atoms with E-state index in [1.54, 1.807) is 12.4 Å². The summed E-state index contributed by atoms with van der Waals surface area (Å²) in [5.74, 6) is 1.50. The third-order valence-electron chi connectivity index (χ3n) is 2.45. The molecule has 4 nitrogen and oxygen atoms in total. The molecular formula is C9H14N4. The molecule has 2 rings (SSSR count). The lowest BCUT2D eigenvalue weighted by atomic mass is 9.85. The molecule has 1 aromatic heterocycles. The quantitative estimate of drug-likeness (QED) is 0.731. The zero-order valence-electron chi connectivity index (χ0n) is 7.53. The van der Waals surface area contributed by atoms with Gasteiger partial charge in [0.05, 0.1) is 18.1 Å². The molecule has 1 fully saturated rings. The second kappa shape index (κ2) is 3.60. The van der Waals surface area contributed by atoms with Crippen LogP contribution in [0.15, 0.2) is 12.4 Å². The average molecular weight is 178 g/mol. The number of nitrogens with zero attached hydrogens (tertiary/aromatic N) is 2. The van der Waals surface area contributed by atoms with E-state index in [1.807, 2.05) is 0 Å². The van der Waals surface area contributed by atoms with Gasteiger partial charge in [0, 0.05) is 6.54 Å². The van der Waals surface area contributed by atoms with E-state index in [-0.39, 0.29) is 0 Å². The van der Waals surface area contributed by atoms with Crippen LogP contribution in [0.5, 0.6) is 0 Å². The van der Waals surface area contributed by atoms with Gasteiger partial charge in [-0.05, 0) is 18.8 Å². The first-order valence-corrected chi connectivity index (χ1v) is 4.66. The van der Waals surface area contributed by atoms with Crippen molar-refractivity contribution in [2.75, 3.05) is 17.6 Å². The zero-order chi connectivity index (χ0) is 9.10. The highest BCUT2D eigenvalue weighted by atomic mass is 15.1. The third-order valence-corrected chi connectivity index (χ3v) is 2.45. The van der Waals surface area contributed by atoms with Crippen LogP contribution in [0.25, 0.3) is 0 Å². The van der Waals surface area contributed by atoms with Crippen LogP contribution in [0.1, 0.15) is 19.3 Å². The normalized spacial score (nSPS) is 16.6. The summed E-state index contributed by atoms with van der Waals surface area (Å²) in [5.41, 5.74) is 6.07. The van der Waals surface area contributed by atoms with Gasteiger partial charge in [-0.3, -0.25) is 0 Å². The molecule has 0 atom stereocenters. The Kier molecular flexibility index (Phi) is 2.29. The van der Waals surface area contributed by atoms with E-state index in [9.17, 15) is 0 Å². The molecule has 1 saturated carbocycles. The molecule has 0 aliphatic heterocycles. The summed E-state index contributed by atoms with van der Waals surface area (Å²) >= 11 is 0. The lowest BCUT2D eigenvalue weighted by Crippen LogP contribution is -2.21. The van der Waals surface area contributed by atoms with E-state index >= 15 is 0 Å². The summed E-state index contributed by atoms with van der Waals surface area (Å²) in [6.07, 6.45) is 7.28. The molecule has 0 saturated heterocycles. The van der Waals surface area contributed by atoms with Gasteiger partial charge in [0.1, 0.15) is 0 Å². The SMILES string of the molecule is Nc1cnc(NCC2CCC2)nc1. The molecule has 0 amide bonds. The van der Waals surface area contributed by atoms with Gasteiger partial charge in [-0.15, -0.1) is 0 Å². The molecule has 1 aliphatic rings. The van der Waals surface area contributed by atoms with Gasteiger partial charge in [-0.25, -0.2) is 9.97 Å². The second-order valence-corrected chi connectivity index (χ2v) is 3.52. The molecule has 70 valence electrons. The van der Waals surface area contributed by atoms with E-state index in [0.717, 1.165) is 12.5 Å². The van der Waals surface area contributed by atoms with Crippen LogP contribution in [-0.4, -0.2) is 16.5 Å². The molecule has 0 unspecified atom stereocenters. The third kappa shape index (κ3) is 2.08. The van der Waals surface area contributed by atoms with Crippen LogP contribution in [0.2, 0.25) is 0 Å². The van der Waals surface area contributed by atoms with E-state index in [1.165, 1.54) is 19.3 Å². The van der Waals surface area contributed by atoms with Crippen molar-refractivity contribution in [3.63, 3.8) is 0 Å². The lowest BCUT2D eigenvalue weighted by molar-refractivity contribution is 0.333. The number of rotatable bonds is 3. The van der Waals surface area contributed by atoms with E-state index in [4.69, 9.17) is 5.73 Å². The first-order chi connectivity index (χ1) is 6.34. The average Bonchev–Trinajstić information content (AvgIpc) is 2.05. The Morgan fingerprint density at radius 3 is 2.62 bits per heavy atom. The van der Waals surface area contributed by atoms with Gasteiger partial charge < -0.3 is 11.1 Å². The highest BCUT2D eigenvalue weighted by Crippen LogP contribution is 2.25. The Balaban J connectivity index is 1.83. The maximum atomic E-state index is 5.47. The maximum absolute atomic E-state index is 5.47. The fourth-order valence-corrected chi connectivity index (χ4v) is 1.36. The fourth-order valence-electron chi connectivity index (χ4n) is 1.36. The van der Waals surface area contributed by atoms with Crippen molar-refractivity contribution in [3.8, 4) is 0 Å². The summed E-state index contributed by atoms with van der Waals surface area (Å²) < 4.78 is 0. The predicted octanol–water partition coefficient (Wildman–Crippen LogP) is 1.27. The number of hydrogen-bond donors (Lipinski definition) is 2. The molecule has 13 heavy (non-hydrogen) atoms. The molecule has 1 heterocycles. The molecule has 0 radical (unpaired) electrons. The van der Waals surface area contributed by atoms with E-state index in [2.05, 4.69) is 15.3 Å². The van der Waals surface area contributed by atoms with Crippen molar-refractivity contribution in [3.05, 3.63) is 12.4 Å². The molecule has 1 aromatic rings. The van der Waals surface area contributed by atoms with Crippen LogP contribution in [0, 0.1) is 5.92 Å². The Morgan fingerprint density at radius 2 is 2.08 bits per heavy atom. The fraction of sp³-hybridized carbons (Fsp3) is 0.556. The summed E-state index contributed by atoms with van der Waals surface area (Å²) in [6.45, 7) is 0.990. The number of nitrogens with one attached hydrogen (secondary N) is 1. The predicted molar refractivity (Wildman–Crippen MR) is 52.3 cm³/mol. The molecule has 0 spiro atoms. The van der Waals surface area contributed by atoms with Crippen LogP contribution >= 0.6 is 0 Å². The van der Waals surface area contributed by atoms with Crippen molar-refractivity contribution >= 4 is 11.6 Å². The first-order valence-electron chi connectivity index (χ1n) is 4.66. The van der Waals surface area contributed by atoms with Crippen LogP contribution in [0.4, 0.5) is 11.6 Å². The van der Waals surface area contributed by atoms with Gasteiger partial charge in [0.25, 0.3) is 0 Å². The minimum atomic E-state index is 0.606. The second-order valence-electron chi connectivity index (χ2n) is 3.52. The Bertz CT molecular complexity index is 265. The van der Waals surface area contributed by atoms with Crippen LogP contribution in [0.3, 0.4) is 0 Å². The Hall–Kier alpha value is -1.32. The van der Waals surface area contributed by atoms with Crippen molar-refractivity contribution < 1.29 is 0 Å². The van der Waals surface area contributed by atoms with Crippen molar-refractivity contribution in [1.29, 1.82) is 0 Å². The Labute approximate surface area is 77.6 Å². The highest BCUT2D eigenvalue weighted by Gasteiger charge is 2.16. The molecule has 4 heteroatoms. The largest absolute Gasteiger partial charge is 0.396 e. The highest BCUT2D eigenvalue weighted by molar-refractivity contribution is 5.35. The minimum Gasteiger partial charge on any atom is -0.396 e. The van der Waals surface area contributed by atoms with Crippen molar-refractivity contribution in [2.24, 2.45) is 5.92 Å². The molecule has 0 bridgehead atoms. The van der Waals surface area contributed by atoms with Gasteiger partial charge in [-0.1, -0.05) is 6.42 Å². The molecular weight excluding hydrogens is 164 g/mol. The van der Waals surface area contributed by atoms with Crippen molar-refractivity contribution in [1.82, 2.24) is 9.97 Å². The van der Waals surface area contributed by atoms with Crippen LogP contribution < -0.4 is 11.1 Å². The summed E-state index contributed by atoms with van der Waals surface area (Å²) in [5, 5.41) is 3.20. The van der Waals surface area contributed by atoms with Gasteiger partial charge in [0.2, 0.25) is 5.95 Å². The number of hydrogen-bond acceptors (Lipinski definition) is 4. The number of anilines is 2. The minimum absolute atomic E-state index is 0.606. The Morgan fingerprint density at radius 1 is 1.38 bits per heavy atom. The summed E-state index contributed by atoms with van der Waals surface area (Å²) in [4.78, 5) is 8.12. The van der Waals surface area contributed by atoms with Gasteiger partial charge >= 0.3 is 0 Å². The van der Waals surface area contributed by atoms with Crippen molar-refractivity contribution in [2.45, 2.75) is 19.3 Å². The summed E-state index contributed by atoms with van der Waals surface area (Å²) in [6, 6.07) is 0.